The van der Waals surface area contributed by atoms with E-state index in [-0.39, 0.29) is 5.54 Å². The van der Waals surface area contributed by atoms with Gasteiger partial charge in [0.1, 0.15) is 0 Å². The highest BCUT2D eigenvalue weighted by atomic mass is 32.1. The largest absolute Gasteiger partial charge is 0.322 e. The molecule has 0 saturated carbocycles. The van der Waals surface area contributed by atoms with Gasteiger partial charge in [0.2, 0.25) is 0 Å². The van der Waals surface area contributed by atoms with Gasteiger partial charge in [-0.15, -0.1) is 11.3 Å². The second-order valence-corrected chi connectivity index (χ2v) is 8.55. The van der Waals surface area contributed by atoms with Crippen molar-refractivity contribution in [1.29, 1.82) is 0 Å². The third kappa shape index (κ3) is 2.77. The lowest BCUT2D eigenvalue weighted by atomic mass is 9.82. The Morgan fingerprint density at radius 2 is 1.96 bits per heavy atom. The van der Waals surface area contributed by atoms with Gasteiger partial charge in [-0.2, -0.15) is 0 Å². The highest BCUT2D eigenvalue weighted by Gasteiger charge is 2.26. The standard InChI is InChI=1S/C21H24N2S/c1-21(2,22)17-6-7-18-16(10-17)12-23(3)13-19(18)15-5-4-14-8-9-24-20(14)11-15/h4-11,19H,12-13,22H2,1-3H3. The molecule has 2 heterocycles. The molecule has 0 amide bonds. The van der Waals surface area contributed by atoms with E-state index in [1.807, 2.05) is 11.3 Å². The molecule has 24 heavy (non-hydrogen) atoms. The number of nitrogens with two attached hydrogens (primary N) is 1. The minimum absolute atomic E-state index is 0.295. The average Bonchev–Trinajstić information content (AvgIpc) is 3.00. The quantitative estimate of drug-likeness (QED) is 0.737. The van der Waals surface area contributed by atoms with E-state index in [0.717, 1.165) is 13.1 Å². The third-order valence-electron chi connectivity index (χ3n) is 5.08. The average molecular weight is 337 g/mol. The summed E-state index contributed by atoms with van der Waals surface area (Å²) >= 11 is 1.82. The van der Waals surface area contributed by atoms with Gasteiger partial charge in [-0.3, -0.25) is 0 Å². The van der Waals surface area contributed by atoms with E-state index < -0.39 is 0 Å². The van der Waals surface area contributed by atoms with Gasteiger partial charge in [0.25, 0.3) is 0 Å². The van der Waals surface area contributed by atoms with E-state index in [2.05, 4.69) is 73.6 Å². The van der Waals surface area contributed by atoms with Crippen LogP contribution in [-0.4, -0.2) is 18.5 Å². The van der Waals surface area contributed by atoms with Gasteiger partial charge in [-0.25, -0.2) is 0 Å². The van der Waals surface area contributed by atoms with Gasteiger partial charge in [0, 0.05) is 29.2 Å². The number of hydrogen-bond donors (Lipinski definition) is 1. The Balaban J connectivity index is 1.80. The predicted molar refractivity (Wildman–Crippen MR) is 104 cm³/mol. The van der Waals surface area contributed by atoms with E-state index in [4.69, 9.17) is 5.73 Å². The van der Waals surface area contributed by atoms with Crippen LogP contribution >= 0.6 is 11.3 Å². The van der Waals surface area contributed by atoms with E-state index in [1.54, 1.807) is 0 Å². The van der Waals surface area contributed by atoms with Crippen LogP contribution in [0.3, 0.4) is 0 Å². The van der Waals surface area contributed by atoms with Crippen LogP contribution in [0, 0.1) is 0 Å². The van der Waals surface area contributed by atoms with Crippen molar-refractivity contribution in [3.8, 4) is 0 Å². The third-order valence-corrected chi connectivity index (χ3v) is 5.96. The predicted octanol–water partition coefficient (Wildman–Crippen LogP) is 4.67. The smallest absolute Gasteiger partial charge is 0.0352 e. The lowest BCUT2D eigenvalue weighted by molar-refractivity contribution is 0.295. The first-order chi connectivity index (χ1) is 11.4. The van der Waals surface area contributed by atoms with Crippen molar-refractivity contribution in [3.63, 3.8) is 0 Å². The van der Waals surface area contributed by atoms with Gasteiger partial charge < -0.3 is 10.6 Å². The Labute approximate surface area is 147 Å². The van der Waals surface area contributed by atoms with Crippen molar-refractivity contribution < 1.29 is 0 Å². The van der Waals surface area contributed by atoms with Crippen molar-refractivity contribution in [1.82, 2.24) is 4.90 Å². The van der Waals surface area contributed by atoms with Crippen LogP contribution < -0.4 is 5.73 Å². The van der Waals surface area contributed by atoms with Crippen molar-refractivity contribution in [2.45, 2.75) is 31.8 Å². The molecule has 124 valence electrons. The molecular weight excluding hydrogens is 312 g/mol. The fourth-order valence-corrected chi connectivity index (χ4v) is 4.56. The highest BCUT2D eigenvalue weighted by Crippen LogP contribution is 2.36. The second kappa shape index (κ2) is 5.69. The van der Waals surface area contributed by atoms with Gasteiger partial charge in [0.15, 0.2) is 0 Å². The number of rotatable bonds is 2. The van der Waals surface area contributed by atoms with Crippen molar-refractivity contribution in [2.24, 2.45) is 5.73 Å². The zero-order valence-corrected chi connectivity index (χ0v) is 15.4. The molecule has 0 aliphatic carbocycles. The first-order valence-corrected chi connectivity index (χ1v) is 9.38. The maximum atomic E-state index is 6.31. The number of thiophene rings is 1. The monoisotopic (exact) mass is 336 g/mol. The second-order valence-electron chi connectivity index (χ2n) is 7.60. The summed E-state index contributed by atoms with van der Waals surface area (Å²) in [7, 11) is 2.21. The van der Waals surface area contributed by atoms with Crippen molar-refractivity contribution in [3.05, 3.63) is 70.1 Å². The summed E-state index contributed by atoms with van der Waals surface area (Å²) in [5, 5.41) is 3.51. The lowest BCUT2D eigenvalue weighted by Gasteiger charge is -2.34. The summed E-state index contributed by atoms with van der Waals surface area (Å²) in [5.41, 5.74) is 11.5. The molecule has 1 aliphatic rings. The number of benzene rings is 2. The summed E-state index contributed by atoms with van der Waals surface area (Å²) in [4.78, 5) is 2.42. The fourth-order valence-electron chi connectivity index (χ4n) is 3.72. The summed E-state index contributed by atoms with van der Waals surface area (Å²) in [6, 6.07) is 15.9. The van der Waals surface area contributed by atoms with E-state index in [9.17, 15) is 0 Å². The summed E-state index contributed by atoms with van der Waals surface area (Å²) in [6.07, 6.45) is 0. The first-order valence-electron chi connectivity index (χ1n) is 8.50. The Hall–Kier alpha value is -1.68. The Morgan fingerprint density at radius 3 is 2.75 bits per heavy atom. The zero-order chi connectivity index (χ0) is 16.9. The molecule has 0 radical (unpaired) electrons. The molecule has 3 heteroatoms. The molecule has 0 fully saturated rings. The van der Waals surface area contributed by atoms with Crippen LogP contribution in [0.5, 0.6) is 0 Å². The topological polar surface area (TPSA) is 29.3 Å². The molecule has 2 N–H and O–H groups in total. The van der Waals surface area contributed by atoms with Crippen LogP contribution in [0.15, 0.2) is 47.8 Å². The maximum absolute atomic E-state index is 6.31. The molecule has 4 rings (SSSR count). The fraction of sp³-hybridized carbons (Fsp3) is 0.333. The minimum atomic E-state index is -0.295. The molecular formula is C21H24N2S. The molecule has 3 aromatic rings. The summed E-state index contributed by atoms with van der Waals surface area (Å²) in [5.74, 6) is 0.431. The van der Waals surface area contributed by atoms with Crippen molar-refractivity contribution >= 4 is 21.4 Å². The van der Waals surface area contributed by atoms with Gasteiger partial charge >= 0.3 is 0 Å². The van der Waals surface area contributed by atoms with E-state index in [0.29, 0.717) is 5.92 Å². The Morgan fingerprint density at radius 1 is 1.12 bits per heavy atom. The number of hydrogen-bond acceptors (Lipinski definition) is 3. The SMILES string of the molecule is CN1Cc2cc(C(C)(C)N)ccc2C(c2ccc3ccsc3c2)C1. The molecule has 0 saturated heterocycles. The molecule has 1 unspecified atom stereocenters. The number of nitrogens with zero attached hydrogens (tertiary/aromatic N) is 1. The Bertz CT molecular complexity index is 888. The highest BCUT2D eigenvalue weighted by molar-refractivity contribution is 7.17. The van der Waals surface area contributed by atoms with Crippen LogP contribution in [0.1, 0.15) is 42.0 Å². The lowest BCUT2D eigenvalue weighted by Crippen LogP contribution is -2.33. The van der Waals surface area contributed by atoms with Gasteiger partial charge in [-0.1, -0.05) is 30.3 Å². The molecule has 0 spiro atoms. The number of likely N-dealkylation sites (N-methyl/N-ethyl adjacent to an activating group) is 1. The van der Waals surface area contributed by atoms with Crippen LogP contribution in [0.4, 0.5) is 0 Å². The van der Waals surface area contributed by atoms with Gasteiger partial charge in [-0.05, 0) is 66.0 Å². The molecule has 1 aromatic heterocycles. The normalized spacial score (nSPS) is 18.8. The van der Waals surface area contributed by atoms with Crippen LogP contribution in [-0.2, 0) is 12.1 Å². The number of fused-ring (bicyclic) bond motifs is 2. The molecule has 1 atom stereocenters. The minimum Gasteiger partial charge on any atom is -0.322 e. The Kier molecular flexibility index (Phi) is 3.75. The maximum Gasteiger partial charge on any atom is 0.0352 e. The first kappa shape index (κ1) is 15.8. The molecule has 2 aromatic carbocycles. The van der Waals surface area contributed by atoms with E-state index >= 15 is 0 Å². The summed E-state index contributed by atoms with van der Waals surface area (Å²) < 4.78 is 1.38. The van der Waals surface area contributed by atoms with Crippen LogP contribution in [0.25, 0.3) is 10.1 Å². The van der Waals surface area contributed by atoms with Crippen LogP contribution in [0.2, 0.25) is 0 Å². The molecule has 1 aliphatic heterocycles. The van der Waals surface area contributed by atoms with Gasteiger partial charge in [0.05, 0.1) is 0 Å². The summed E-state index contributed by atoms with van der Waals surface area (Å²) in [6.45, 7) is 6.21. The molecule has 2 nitrogen and oxygen atoms in total. The van der Waals surface area contributed by atoms with Crippen molar-refractivity contribution in [2.75, 3.05) is 13.6 Å². The van der Waals surface area contributed by atoms with E-state index in [1.165, 1.54) is 32.3 Å². The zero-order valence-electron chi connectivity index (χ0n) is 14.5. The molecule has 0 bridgehead atoms.